The number of rotatable bonds is 3. The minimum absolute atomic E-state index is 0.142. The third-order valence-corrected chi connectivity index (χ3v) is 4.37. The third kappa shape index (κ3) is 2.42. The molecule has 0 fully saturated rings. The second kappa shape index (κ2) is 4.96. The molecule has 3 heterocycles. The van der Waals surface area contributed by atoms with Crippen molar-refractivity contribution in [3.63, 3.8) is 0 Å². The Hall–Kier alpha value is -2.22. The Labute approximate surface area is 125 Å². The molecule has 0 bridgehead atoms. The normalized spacial score (nSPS) is 11.2. The summed E-state index contributed by atoms with van der Waals surface area (Å²) in [6, 6.07) is 0. The quantitative estimate of drug-likeness (QED) is 0.800. The second-order valence-electron chi connectivity index (χ2n) is 4.95. The Morgan fingerprint density at radius 2 is 2.10 bits per heavy atom. The first kappa shape index (κ1) is 13.7. The number of amides is 1. The van der Waals surface area contributed by atoms with Crippen molar-refractivity contribution < 1.29 is 4.79 Å². The molecule has 8 heteroatoms. The van der Waals surface area contributed by atoms with Gasteiger partial charge in [0.25, 0.3) is 0 Å². The predicted octanol–water partition coefficient (Wildman–Crippen LogP) is 1.79. The lowest BCUT2D eigenvalue weighted by Gasteiger charge is -2.03. The molecule has 3 aromatic rings. The molecule has 0 radical (unpaired) electrons. The Bertz CT molecular complexity index is 808. The number of fused-ring (bicyclic) bond motifs is 1. The number of hydrogen-bond acceptors (Lipinski definition) is 5. The van der Waals surface area contributed by atoms with Gasteiger partial charge in [-0.2, -0.15) is 10.2 Å². The molecule has 0 aliphatic carbocycles. The summed E-state index contributed by atoms with van der Waals surface area (Å²) in [7, 11) is 1.86. The highest BCUT2D eigenvalue weighted by molar-refractivity contribution is 7.15. The summed E-state index contributed by atoms with van der Waals surface area (Å²) >= 11 is 1.48. The van der Waals surface area contributed by atoms with Gasteiger partial charge in [-0.15, -0.1) is 11.3 Å². The molecule has 21 heavy (non-hydrogen) atoms. The van der Waals surface area contributed by atoms with E-state index >= 15 is 0 Å². The molecule has 7 nitrogen and oxygen atoms in total. The van der Waals surface area contributed by atoms with Crippen LogP contribution >= 0.6 is 11.3 Å². The summed E-state index contributed by atoms with van der Waals surface area (Å²) in [6.45, 7) is 5.97. The van der Waals surface area contributed by atoms with Crippen molar-refractivity contribution in [2.75, 3.05) is 5.32 Å². The Kier molecular flexibility index (Phi) is 3.25. The van der Waals surface area contributed by atoms with Gasteiger partial charge in [-0.05, 0) is 20.8 Å². The number of thiazole rings is 1. The summed E-state index contributed by atoms with van der Waals surface area (Å²) in [5.41, 5.74) is 3.61. The number of nitrogens with zero attached hydrogens (tertiary/aromatic N) is 5. The van der Waals surface area contributed by atoms with E-state index in [4.69, 9.17) is 0 Å². The van der Waals surface area contributed by atoms with Gasteiger partial charge in [0.15, 0.2) is 5.13 Å². The van der Waals surface area contributed by atoms with Gasteiger partial charge in [0.05, 0.1) is 17.6 Å². The van der Waals surface area contributed by atoms with E-state index in [1.165, 1.54) is 11.3 Å². The van der Waals surface area contributed by atoms with Crippen LogP contribution in [0.25, 0.3) is 11.0 Å². The van der Waals surface area contributed by atoms with Crippen LogP contribution in [0.5, 0.6) is 0 Å². The first-order valence-corrected chi connectivity index (χ1v) is 7.36. The molecule has 0 aliphatic heterocycles. The zero-order chi connectivity index (χ0) is 15.1. The predicted molar refractivity (Wildman–Crippen MR) is 81.5 cm³/mol. The van der Waals surface area contributed by atoms with Crippen molar-refractivity contribution in [3.8, 4) is 0 Å². The SMILES string of the molecule is Cc1nc(NC(=O)Cn2ncc3c2c(C)nn3C)sc1C. The first-order chi connectivity index (χ1) is 9.95. The van der Waals surface area contributed by atoms with Gasteiger partial charge in [-0.3, -0.25) is 14.2 Å². The summed E-state index contributed by atoms with van der Waals surface area (Å²) in [4.78, 5) is 17.5. The highest BCUT2D eigenvalue weighted by Gasteiger charge is 2.15. The maximum Gasteiger partial charge on any atom is 0.247 e. The summed E-state index contributed by atoms with van der Waals surface area (Å²) in [6.07, 6.45) is 1.72. The van der Waals surface area contributed by atoms with E-state index in [1.54, 1.807) is 15.6 Å². The highest BCUT2D eigenvalue weighted by atomic mass is 32.1. The van der Waals surface area contributed by atoms with Gasteiger partial charge < -0.3 is 5.32 Å². The minimum atomic E-state index is -0.142. The van der Waals surface area contributed by atoms with Gasteiger partial charge in [0, 0.05) is 11.9 Å². The average molecular weight is 304 g/mol. The molecule has 0 saturated carbocycles. The summed E-state index contributed by atoms with van der Waals surface area (Å²) in [5, 5.41) is 12.0. The Morgan fingerprint density at radius 3 is 2.76 bits per heavy atom. The average Bonchev–Trinajstić information content (AvgIpc) is 3.01. The standard InChI is InChI=1S/C13H16N6OS/c1-7-9(3)21-13(15-7)16-11(20)6-19-12-8(2)17-18(4)10(12)5-14-19/h5H,6H2,1-4H3,(H,15,16,20). The molecule has 0 unspecified atom stereocenters. The van der Waals surface area contributed by atoms with Gasteiger partial charge in [0.1, 0.15) is 17.6 Å². The number of carbonyl (C=O) groups is 1. The zero-order valence-electron chi connectivity index (χ0n) is 12.3. The smallest absolute Gasteiger partial charge is 0.247 e. The van der Waals surface area contributed by atoms with Crippen molar-refractivity contribution in [1.82, 2.24) is 24.5 Å². The van der Waals surface area contributed by atoms with E-state index in [0.717, 1.165) is 27.3 Å². The Balaban J connectivity index is 1.80. The topological polar surface area (TPSA) is 77.6 Å². The van der Waals surface area contributed by atoms with Crippen molar-refractivity contribution in [2.45, 2.75) is 27.3 Å². The highest BCUT2D eigenvalue weighted by Crippen LogP contribution is 2.21. The third-order valence-electron chi connectivity index (χ3n) is 3.38. The molecule has 0 aliphatic rings. The molecule has 0 aromatic carbocycles. The van der Waals surface area contributed by atoms with Crippen LogP contribution in [-0.4, -0.2) is 30.5 Å². The van der Waals surface area contributed by atoms with Crippen molar-refractivity contribution in [1.29, 1.82) is 0 Å². The molecule has 3 aromatic heterocycles. The monoisotopic (exact) mass is 304 g/mol. The van der Waals surface area contributed by atoms with E-state index in [1.807, 2.05) is 27.8 Å². The maximum absolute atomic E-state index is 12.1. The van der Waals surface area contributed by atoms with Gasteiger partial charge in [-0.1, -0.05) is 0 Å². The second-order valence-corrected chi connectivity index (χ2v) is 6.16. The fraction of sp³-hybridized carbons (Fsp3) is 0.385. The number of hydrogen-bond donors (Lipinski definition) is 1. The first-order valence-electron chi connectivity index (χ1n) is 6.54. The van der Waals surface area contributed by atoms with E-state index in [-0.39, 0.29) is 12.5 Å². The lowest BCUT2D eigenvalue weighted by Crippen LogP contribution is -2.19. The lowest BCUT2D eigenvalue weighted by atomic mass is 10.4. The molecule has 0 atom stereocenters. The van der Waals surface area contributed by atoms with Crippen molar-refractivity contribution in [3.05, 3.63) is 22.5 Å². The van der Waals surface area contributed by atoms with Crippen LogP contribution in [0.4, 0.5) is 5.13 Å². The van der Waals surface area contributed by atoms with Crippen LogP contribution in [0, 0.1) is 20.8 Å². The molecule has 0 spiro atoms. The molecule has 110 valence electrons. The largest absolute Gasteiger partial charge is 0.300 e. The molecule has 0 saturated heterocycles. The minimum Gasteiger partial charge on any atom is -0.300 e. The van der Waals surface area contributed by atoms with Crippen molar-refractivity contribution >= 4 is 33.4 Å². The zero-order valence-corrected chi connectivity index (χ0v) is 13.2. The van der Waals surface area contributed by atoms with Crippen LogP contribution < -0.4 is 5.32 Å². The molecular weight excluding hydrogens is 288 g/mol. The number of carbonyl (C=O) groups excluding carboxylic acids is 1. The van der Waals surface area contributed by atoms with Crippen LogP contribution in [0.3, 0.4) is 0 Å². The lowest BCUT2D eigenvalue weighted by molar-refractivity contribution is -0.116. The van der Waals surface area contributed by atoms with E-state index < -0.39 is 0 Å². The van der Waals surface area contributed by atoms with Gasteiger partial charge in [-0.25, -0.2) is 4.98 Å². The van der Waals surface area contributed by atoms with E-state index in [9.17, 15) is 4.79 Å². The van der Waals surface area contributed by atoms with Gasteiger partial charge in [0.2, 0.25) is 5.91 Å². The van der Waals surface area contributed by atoms with Crippen LogP contribution in [0.15, 0.2) is 6.20 Å². The van der Waals surface area contributed by atoms with Gasteiger partial charge >= 0.3 is 0 Å². The number of anilines is 1. The fourth-order valence-corrected chi connectivity index (χ4v) is 3.08. The van der Waals surface area contributed by atoms with Crippen molar-refractivity contribution in [2.24, 2.45) is 7.05 Å². The van der Waals surface area contributed by atoms with E-state index in [2.05, 4.69) is 20.5 Å². The maximum atomic E-state index is 12.1. The van der Waals surface area contributed by atoms with E-state index in [0.29, 0.717) is 5.13 Å². The number of aryl methyl sites for hydroxylation is 4. The van der Waals surface area contributed by atoms with Crippen LogP contribution in [0.1, 0.15) is 16.3 Å². The molecule has 3 rings (SSSR count). The van der Waals surface area contributed by atoms with Crippen LogP contribution in [-0.2, 0) is 18.4 Å². The fourth-order valence-electron chi connectivity index (χ4n) is 2.25. The van der Waals surface area contributed by atoms with Crippen LogP contribution in [0.2, 0.25) is 0 Å². The summed E-state index contributed by atoms with van der Waals surface area (Å²) in [5.74, 6) is -0.142. The summed E-state index contributed by atoms with van der Waals surface area (Å²) < 4.78 is 3.43. The number of aromatic nitrogens is 5. The Morgan fingerprint density at radius 1 is 1.33 bits per heavy atom. The molecule has 1 amide bonds. The number of nitrogens with one attached hydrogen (secondary N) is 1. The molecule has 1 N–H and O–H groups in total. The molecular formula is C13H16N6OS.